The highest BCUT2D eigenvalue weighted by Crippen LogP contribution is 2.33. The number of aromatic nitrogens is 2. The van der Waals surface area contributed by atoms with E-state index in [1.807, 2.05) is 17.9 Å². The molecule has 2 rings (SSSR count). The van der Waals surface area contributed by atoms with Gasteiger partial charge in [-0.1, -0.05) is 19.3 Å². The third-order valence-electron chi connectivity index (χ3n) is 4.52. The van der Waals surface area contributed by atoms with Crippen molar-refractivity contribution in [2.24, 2.45) is 18.9 Å². The second kappa shape index (κ2) is 6.75. The molecule has 3 heteroatoms. The predicted octanol–water partition coefficient (Wildman–Crippen LogP) is 3.55. The molecular formula is C17H31N3. The van der Waals surface area contributed by atoms with Gasteiger partial charge in [-0.3, -0.25) is 4.68 Å². The van der Waals surface area contributed by atoms with Gasteiger partial charge in [0.15, 0.2) is 0 Å². The largest absolute Gasteiger partial charge is 0.312 e. The van der Waals surface area contributed by atoms with Crippen molar-refractivity contribution in [3.63, 3.8) is 0 Å². The molecule has 0 radical (unpaired) electrons. The normalized spacial score (nSPS) is 24.0. The topological polar surface area (TPSA) is 29.9 Å². The first-order valence-corrected chi connectivity index (χ1v) is 8.16. The fraction of sp³-hybridized carbons (Fsp3) is 0.824. The van der Waals surface area contributed by atoms with Crippen LogP contribution in [0.15, 0.2) is 12.4 Å². The molecule has 1 aliphatic rings. The molecular weight excluding hydrogens is 246 g/mol. The number of hydrogen-bond donors (Lipinski definition) is 1. The second-order valence-electron chi connectivity index (χ2n) is 7.50. The minimum absolute atomic E-state index is 0.241. The standard InChI is InChI=1S/C17H31N3/c1-17(2,3)18-12-16-8-6-5-7-15(16)10-9-14-11-19-20(4)13-14/h11,13,15-16,18H,5-10,12H2,1-4H3. The lowest BCUT2D eigenvalue weighted by Crippen LogP contribution is -2.41. The Kier molecular flexibility index (Phi) is 5.25. The van der Waals surface area contributed by atoms with Crippen molar-refractivity contribution in [3.8, 4) is 0 Å². The Hall–Kier alpha value is -0.830. The summed E-state index contributed by atoms with van der Waals surface area (Å²) >= 11 is 0. The van der Waals surface area contributed by atoms with Crippen LogP contribution in [0.25, 0.3) is 0 Å². The lowest BCUT2D eigenvalue weighted by Gasteiger charge is -2.34. The van der Waals surface area contributed by atoms with Crippen LogP contribution < -0.4 is 5.32 Å². The van der Waals surface area contributed by atoms with Gasteiger partial charge in [0.25, 0.3) is 0 Å². The van der Waals surface area contributed by atoms with E-state index in [0.717, 1.165) is 11.8 Å². The summed E-state index contributed by atoms with van der Waals surface area (Å²) in [7, 11) is 2.00. The quantitative estimate of drug-likeness (QED) is 0.892. The molecule has 0 bridgehead atoms. The van der Waals surface area contributed by atoms with Crippen molar-refractivity contribution in [1.82, 2.24) is 15.1 Å². The number of hydrogen-bond acceptors (Lipinski definition) is 2. The molecule has 3 nitrogen and oxygen atoms in total. The van der Waals surface area contributed by atoms with Gasteiger partial charge >= 0.3 is 0 Å². The number of rotatable bonds is 5. The van der Waals surface area contributed by atoms with E-state index in [0.29, 0.717) is 0 Å². The lowest BCUT2D eigenvalue weighted by atomic mass is 9.76. The first kappa shape index (κ1) is 15.6. The van der Waals surface area contributed by atoms with E-state index in [-0.39, 0.29) is 5.54 Å². The van der Waals surface area contributed by atoms with E-state index in [1.165, 1.54) is 50.6 Å². The summed E-state index contributed by atoms with van der Waals surface area (Å²) in [6, 6.07) is 0. The molecule has 1 N–H and O–H groups in total. The molecule has 1 fully saturated rings. The fourth-order valence-electron chi connectivity index (χ4n) is 3.32. The molecule has 114 valence electrons. The van der Waals surface area contributed by atoms with Crippen LogP contribution in [-0.4, -0.2) is 21.9 Å². The minimum Gasteiger partial charge on any atom is -0.312 e. The highest BCUT2D eigenvalue weighted by molar-refractivity contribution is 5.04. The predicted molar refractivity (Wildman–Crippen MR) is 84.7 cm³/mol. The van der Waals surface area contributed by atoms with Crippen LogP contribution in [0, 0.1) is 11.8 Å². The van der Waals surface area contributed by atoms with Gasteiger partial charge in [0.05, 0.1) is 6.20 Å². The summed E-state index contributed by atoms with van der Waals surface area (Å²) < 4.78 is 1.91. The van der Waals surface area contributed by atoms with Gasteiger partial charge in [-0.25, -0.2) is 0 Å². The van der Waals surface area contributed by atoms with Gasteiger partial charge in [-0.05, 0) is 64.0 Å². The SMILES string of the molecule is Cn1cc(CCC2CCCCC2CNC(C)(C)C)cn1. The zero-order chi connectivity index (χ0) is 14.6. The van der Waals surface area contributed by atoms with E-state index in [9.17, 15) is 0 Å². The molecule has 20 heavy (non-hydrogen) atoms. The molecule has 1 aromatic heterocycles. The average Bonchev–Trinajstić information content (AvgIpc) is 2.80. The Balaban J connectivity index is 1.83. The van der Waals surface area contributed by atoms with Gasteiger partial charge in [0.2, 0.25) is 0 Å². The first-order chi connectivity index (χ1) is 9.44. The van der Waals surface area contributed by atoms with Crippen LogP contribution in [0.3, 0.4) is 0 Å². The highest BCUT2D eigenvalue weighted by atomic mass is 15.2. The van der Waals surface area contributed by atoms with Crippen molar-refractivity contribution in [2.45, 2.75) is 64.8 Å². The van der Waals surface area contributed by atoms with E-state index >= 15 is 0 Å². The van der Waals surface area contributed by atoms with Gasteiger partial charge in [0, 0.05) is 18.8 Å². The van der Waals surface area contributed by atoms with Gasteiger partial charge < -0.3 is 5.32 Å². The third-order valence-corrected chi connectivity index (χ3v) is 4.52. The Labute approximate surface area is 124 Å². The summed E-state index contributed by atoms with van der Waals surface area (Å²) in [5.74, 6) is 1.75. The van der Waals surface area contributed by atoms with Crippen LogP contribution in [0.2, 0.25) is 0 Å². The van der Waals surface area contributed by atoms with Crippen LogP contribution in [0.5, 0.6) is 0 Å². The maximum atomic E-state index is 4.27. The monoisotopic (exact) mass is 277 g/mol. The minimum atomic E-state index is 0.241. The van der Waals surface area contributed by atoms with Gasteiger partial charge in [-0.15, -0.1) is 0 Å². The third kappa shape index (κ3) is 4.93. The van der Waals surface area contributed by atoms with Crippen molar-refractivity contribution >= 4 is 0 Å². The molecule has 1 aliphatic carbocycles. The van der Waals surface area contributed by atoms with Gasteiger partial charge in [-0.2, -0.15) is 5.10 Å². The lowest BCUT2D eigenvalue weighted by molar-refractivity contribution is 0.204. The molecule has 1 heterocycles. The summed E-state index contributed by atoms with van der Waals surface area (Å²) in [5, 5.41) is 7.98. The molecule has 0 saturated heterocycles. The van der Waals surface area contributed by atoms with E-state index in [1.54, 1.807) is 0 Å². The molecule has 2 unspecified atom stereocenters. The molecule has 0 aliphatic heterocycles. The Morgan fingerprint density at radius 3 is 2.55 bits per heavy atom. The summed E-state index contributed by atoms with van der Waals surface area (Å²) in [5.41, 5.74) is 1.63. The zero-order valence-corrected chi connectivity index (χ0v) is 13.7. The second-order valence-corrected chi connectivity index (χ2v) is 7.50. The van der Waals surface area contributed by atoms with Gasteiger partial charge in [0.1, 0.15) is 0 Å². The molecule has 0 aromatic carbocycles. The van der Waals surface area contributed by atoms with Crippen molar-refractivity contribution in [1.29, 1.82) is 0 Å². The summed E-state index contributed by atoms with van der Waals surface area (Å²) in [4.78, 5) is 0. The molecule has 1 saturated carbocycles. The fourth-order valence-corrected chi connectivity index (χ4v) is 3.32. The van der Waals surface area contributed by atoms with E-state index < -0.39 is 0 Å². The van der Waals surface area contributed by atoms with E-state index in [4.69, 9.17) is 0 Å². The first-order valence-electron chi connectivity index (χ1n) is 8.16. The Morgan fingerprint density at radius 2 is 1.95 bits per heavy atom. The number of nitrogens with zero attached hydrogens (tertiary/aromatic N) is 2. The summed E-state index contributed by atoms with van der Waals surface area (Å²) in [6.07, 6.45) is 12.3. The molecule has 0 spiro atoms. The number of aryl methyl sites for hydroxylation is 2. The van der Waals surface area contributed by atoms with Crippen molar-refractivity contribution < 1.29 is 0 Å². The molecule has 2 atom stereocenters. The summed E-state index contributed by atoms with van der Waals surface area (Å²) in [6.45, 7) is 7.97. The Morgan fingerprint density at radius 1 is 1.25 bits per heavy atom. The molecule has 0 amide bonds. The van der Waals surface area contributed by atoms with Crippen molar-refractivity contribution in [2.75, 3.05) is 6.54 Å². The van der Waals surface area contributed by atoms with Crippen LogP contribution in [0.1, 0.15) is 58.4 Å². The average molecular weight is 277 g/mol. The molecule has 1 aromatic rings. The van der Waals surface area contributed by atoms with Crippen LogP contribution >= 0.6 is 0 Å². The highest BCUT2D eigenvalue weighted by Gasteiger charge is 2.25. The maximum Gasteiger partial charge on any atom is 0.0521 e. The van der Waals surface area contributed by atoms with Crippen LogP contribution in [-0.2, 0) is 13.5 Å². The van der Waals surface area contributed by atoms with E-state index in [2.05, 4.69) is 37.4 Å². The zero-order valence-electron chi connectivity index (χ0n) is 13.7. The van der Waals surface area contributed by atoms with Crippen LogP contribution in [0.4, 0.5) is 0 Å². The smallest absolute Gasteiger partial charge is 0.0521 e. The Bertz CT molecular complexity index is 403. The van der Waals surface area contributed by atoms with Crippen molar-refractivity contribution in [3.05, 3.63) is 18.0 Å². The maximum absolute atomic E-state index is 4.27. The number of nitrogens with one attached hydrogen (secondary N) is 1.